The summed E-state index contributed by atoms with van der Waals surface area (Å²) in [6.07, 6.45) is 6.64. The number of hydrogen-bond acceptors (Lipinski definition) is 4. The molecule has 5 heteroatoms. The van der Waals surface area contributed by atoms with Crippen LogP contribution in [0.1, 0.15) is 51.5 Å². The molecular weight excluding hydrogens is 793 g/mol. The van der Waals surface area contributed by atoms with Crippen molar-refractivity contribution in [3.63, 3.8) is 0 Å². The first-order chi connectivity index (χ1) is 31.9. The second kappa shape index (κ2) is 14.9. The van der Waals surface area contributed by atoms with Gasteiger partial charge in [0.15, 0.2) is 17.5 Å². The number of nitrogens with zero attached hydrogens (tertiary/aromatic N) is 4. The summed E-state index contributed by atoms with van der Waals surface area (Å²) in [5, 5.41) is 6.74. The van der Waals surface area contributed by atoms with Crippen LogP contribution in [0.4, 0.5) is 0 Å². The summed E-state index contributed by atoms with van der Waals surface area (Å²) in [5.74, 6) is 4.16. The van der Waals surface area contributed by atoms with Gasteiger partial charge in [-0.05, 0) is 143 Å². The lowest BCUT2D eigenvalue weighted by Crippen LogP contribution is -2.42. The van der Waals surface area contributed by atoms with E-state index >= 15 is 0 Å². The average molecular weight is 841 g/mol. The molecule has 2 atom stereocenters. The third-order valence-electron chi connectivity index (χ3n) is 14.8. The van der Waals surface area contributed by atoms with Crippen molar-refractivity contribution >= 4 is 54.5 Å². The van der Waals surface area contributed by atoms with Crippen LogP contribution < -0.4 is 0 Å². The molecule has 2 saturated carbocycles. The van der Waals surface area contributed by atoms with E-state index in [1.165, 1.54) is 54.0 Å². The minimum Gasteiger partial charge on any atom is -0.455 e. The standard InChI is InChI=1S/C60H48N4O/c1-37-28-39-29-38(2)35-60(34-37,36-39)46-25-22-41(23-26-46)45-32-51-49-17-9-11-19-55(49)65-56(51)52(33-45)59-62-57(43-21-20-40-12-6-7-13-42(40)30-43)61-58(63-59)44-24-27-54-50(31-44)48-16-8-10-18-53(48)64(54)47-14-4-3-5-15-47/h3-27,30-33,37-39H,28-29,34-36H2,1-2H3. The predicted molar refractivity (Wildman–Crippen MR) is 267 cm³/mol. The Labute approximate surface area is 378 Å². The van der Waals surface area contributed by atoms with Crippen LogP contribution in [0, 0.1) is 17.8 Å². The molecule has 3 aromatic heterocycles. The van der Waals surface area contributed by atoms with Gasteiger partial charge in [-0.3, -0.25) is 0 Å². The van der Waals surface area contributed by atoms with Gasteiger partial charge in [-0.25, -0.2) is 15.0 Å². The monoisotopic (exact) mass is 840 g/mol. The number of hydrogen-bond donors (Lipinski definition) is 0. The minimum atomic E-state index is 0.272. The fourth-order valence-electron chi connectivity index (χ4n) is 12.3. The summed E-state index contributed by atoms with van der Waals surface area (Å²) >= 11 is 0. The highest BCUT2D eigenvalue weighted by Gasteiger charge is 2.45. The maximum absolute atomic E-state index is 6.79. The minimum absolute atomic E-state index is 0.272. The molecular formula is C60H48N4O. The third-order valence-corrected chi connectivity index (χ3v) is 14.8. The number of aromatic nitrogens is 4. The van der Waals surface area contributed by atoms with Gasteiger partial charge in [0.25, 0.3) is 0 Å². The zero-order valence-corrected chi connectivity index (χ0v) is 36.7. The Hall–Kier alpha value is -7.37. The Morgan fingerprint density at radius 2 is 1.09 bits per heavy atom. The molecule has 0 spiro atoms. The molecule has 0 saturated heterocycles. The van der Waals surface area contributed by atoms with Crippen molar-refractivity contribution in [2.24, 2.45) is 17.8 Å². The Morgan fingerprint density at radius 3 is 1.89 bits per heavy atom. The molecule has 2 aliphatic carbocycles. The van der Waals surface area contributed by atoms with Crippen molar-refractivity contribution in [2.75, 3.05) is 0 Å². The van der Waals surface area contributed by atoms with Crippen LogP contribution in [0.2, 0.25) is 0 Å². The number of furan rings is 1. The van der Waals surface area contributed by atoms with Crippen LogP contribution in [0.5, 0.6) is 0 Å². The predicted octanol–water partition coefficient (Wildman–Crippen LogP) is 15.8. The summed E-state index contributed by atoms with van der Waals surface area (Å²) in [6.45, 7) is 4.94. The Morgan fingerprint density at radius 1 is 0.477 bits per heavy atom. The lowest BCUT2D eigenvalue weighted by atomic mass is 9.54. The van der Waals surface area contributed by atoms with Crippen molar-refractivity contribution in [1.29, 1.82) is 0 Å². The molecule has 0 aliphatic heterocycles. The molecule has 314 valence electrons. The van der Waals surface area contributed by atoms with E-state index < -0.39 is 0 Å². The fraction of sp³-hybridized carbons (Fsp3) is 0.183. The highest BCUT2D eigenvalue weighted by molar-refractivity contribution is 6.12. The van der Waals surface area contributed by atoms with Crippen LogP contribution in [-0.2, 0) is 5.41 Å². The summed E-state index contributed by atoms with van der Waals surface area (Å²) in [6, 6.07) is 63.2. The van der Waals surface area contributed by atoms with Crippen molar-refractivity contribution in [2.45, 2.75) is 51.4 Å². The SMILES string of the molecule is CC1CC2CC(C)CC(c3ccc(-c4cc(-c5nc(-c6ccc7ccccc7c6)nc(-c6ccc7c(c6)c6ccccc6n7-c6ccccc6)n5)c5oc6ccccc6c5c4)cc3)(C1)C2. The first-order valence-electron chi connectivity index (χ1n) is 23.3. The molecule has 13 rings (SSSR count). The molecule has 3 heterocycles. The molecule has 5 nitrogen and oxygen atoms in total. The van der Waals surface area contributed by atoms with E-state index in [2.05, 4.69) is 188 Å². The Kier molecular flexibility index (Phi) is 8.71. The first-order valence-corrected chi connectivity index (χ1v) is 23.3. The number of para-hydroxylation sites is 3. The van der Waals surface area contributed by atoms with E-state index in [4.69, 9.17) is 19.4 Å². The summed E-state index contributed by atoms with van der Waals surface area (Å²) < 4.78 is 9.13. The molecule has 0 amide bonds. The summed E-state index contributed by atoms with van der Waals surface area (Å²) in [5.41, 5.74) is 11.8. The molecule has 8 aromatic carbocycles. The molecule has 2 bridgehead atoms. The highest BCUT2D eigenvalue weighted by atomic mass is 16.3. The molecule has 2 aliphatic rings. The zero-order valence-electron chi connectivity index (χ0n) is 36.7. The van der Waals surface area contributed by atoms with E-state index in [1.54, 1.807) is 0 Å². The van der Waals surface area contributed by atoms with Crippen LogP contribution in [0.15, 0.2) is 180 Å². The van der Waals surface area contributed by atoms with Crippen molar-refractivity contribution in [3.8, 4) is 51.0 Å². The lowest BCUT2D eigenvalue weighted by Gasteiger charge is -2.50. The summed E-state index contributed by atoms with van der Waals surface area (Å²) in [4.78, 5) is 16.0. The number of fused-ring (bicyclic) bond motifs is 9. The van der Waals surface area contributed by atoms with Gasteiger partial charge in [-0.15, -0.1) is 0 Å². The van der Waals surface area contributed by atoms with Gasteiger partial charge in [0.2, 0.25) is 0 Å². The van der Waals surface area contributed by atoms with E-state index in [0.29, 0.717) is 17.5 Å². The lowest BCUT2D eigenvalue weighted by molar-refractivity contribution is 0.0780. The second-order valence-corrected chi connectivity index (χ2v) is 19.3. The maximum Gasteiger partial charge on any atom is 0.167 e. The molecule has 0 radical (unpaired) electrons. The molecule has 2 fully saturated rings. The van der Waals surface area contributed by atoms with Crippen LogP contribution in [-0.4, -0.2) is 19.5 Å². The summed E-state index contributed by atoms with van der Waals surface area (Å²) in [7, 11) is 0. The fourth-order valence-corrected chi connectivity index (χ4v) is 12.3. The van der Waals surface area contributed by atoms with Crippen LogP contribution >= 0.6 is 0 Å². The average Bonchev–Trinajstić information content (AvgIpc) is 3.89. The van der Waals surface area contributed by atoms with Gasteiger partial charge in [0.05, 0.1) is 16.6 Å². The van der Waals surface area contributed by atoms with Gasteiger partial charge in [-0.1, -0.05) is 129 Å². The quantitative estimate of drug-likeness (QED) is 0.167. The van der Waals surface area contributed by atoms with E-state index in [9.17, 15) is 0 Å². The second-order valence-electron chi connectivity index (χ2n) is 19.3. The van der Waals surface area contributed by atoms with E-state index in [-0.39, 0.29) is 5.41 Å². The van der Waals surface area contributed by atoms with Crippen molar-refractivity contribution < 1.29 is 4.42 Å². The van der Waals surface area contributed by atoms with Crippen molar-refractivity contribution in [3.05, 3.63) is 181 Å². The van der Waals surface area contributed by atoms with E-state index in [0.717, 1.165) is 89.4 Å². The van der Waals surface area contributed by atoms with Gasteiger partial charge in [0, 0.05) is 38.4 Å². The molecule has 0 N–H and O–H groups in total. The van der Waals surface area contributed by atoms with Crippen LogP contribution in [0.3, 0.4) is 0 Å². The molecule has 11 aromatic rings. The zero-order chi connectivity index (χ0) is 43.2. The van der Waals surface area contributed by atoms with Gasteiger partial charge >= 0.3 is 0 Å². The number of benzene rings is 8. The molecule has 65 heavy (non-hydrogen) atoms. The van der Waals surface area contributed by atoms with Gasteiger partial charge < -0.3 is 8.98 Å². The first kappa shape index (κ1) is 38.1. The normalized spacial score (nSPS) is 19.8. The number of rotatable bonds is 6. The Balaban J connectivity index is 1.01. The van der Waals surface area contributed by atoms with Crippen molar-refractivity contribution in [1.82, 2.24) is 19.5 Å². The van der Waals surface area contributed by atoms with E-state index in [1.807, 2.05) is 6.07 Å². The maximum atomic E-state index is 6.79. The Bertz CT molecular complexity index is 3620. The topological polar surface area (TPSA) is 56.7 Å². The van der Waals surface area contributed by atoms with Crippen LogP contribution in [0.25, 0.3) is 105 Å². The smallest absolute Gasteiger partial charge is 0.167 e. The van der Waals surface area contributed by atoms with Gasteiger partial charge in [0.1, 0.15) is 11.2 Å². The third kappa shape index (κ3) is 6.39. The molecule has 2 unspecified atom stereocenters. The largest absolute Gasteiger partial charge is 0.455 e. The van der Waals surface area contributed by atoms with Gasteiger partial charge in [-0.2, -0.15) is 0 Å². The highest BCUT2D eigenvalue weighted by Crippen LogP contribution is 2.54.